The van der Waals surface area contributed by atoms with E-state index in [0.717, 1.165) is 31.4 Å². The minimum Gasteiger partial charge on any atom is -0.374 e. The van der Waals surface area contributed by atoms with E-state index in [0.29, 0.717) is 23.9 Å². The summed E-state index contributed by atoms with van der Waals surface area (Å²) in [4.78, 5) is 13.1. The van der Waals surface area contributed by atoms with E-state index in [-0.39, 0.29) is 0 Å². The maximum Gasteiger partial charge on any atom is 0.150 e. The Hall–Kier alpha value is -1.23. The molecular weight excluding hydrogens is 300 g/mol. The molecule has 4 rings (SSSR count). The number of carbonyl (C=O) groups excluding carboxylic acids is 1. The zero-order valence-corrected chi connectivity index (χ0v) is 14.4. The first kappa shape index (κ1) is 16.2. The lowest BCUT2D eigenvalue weighted by Crippen LogP contribution is -2.37. The molecular formula is C20H28N2O2. The first-order chi connectivity index (χ1) is 11.6. The van der Waals surface area contributed by atoms with E-state index in [9.17, 15) is 9.90 Å². The summed E-state index contributed by atoms with van der Waals surface area (Å²) in [5, 5.41) is 14.6. The van der Waals surface area contributed by atoms with Crippen LogP contribution >= 0.6 is 0 Å². The molecule has 24 heavy (non-hydrogen) atoms. The predicted molar refractivity (Wildman–Crippen MR) is 94.1 cm³/mol. The number of fused-ring (bicyclic) bond motifs is 1. The van der Waals surface area contributed by atoms with E-state index in [1.54, 1.807) is 0 Å². The lowest BCUT2D eigenvalue weighted by Gasteiger charge is -2.24. The Morgan fingerprint density at radius 2 is 2.04 bits per heavy atom. The van der Waals surface area contributed by atoms with Crippen molar-refractivity contribution in [1.29, 1.82) is 0 Å². The third-order valence-electron chi connectivity index (χ3n) is 6.56. The van der Waals surface area contributed by atoms with Crippen molar-refractivity contribution in [2.75, 3.05) is 13.1 Å². The highest BCUT2D eigenvalue weighted by Gasteiger charge is 2.65. The van der Waals surface area contributed by atoms with Crippen molar-refractivity contribution in [3.8, 4) is 0 Å². The quantitative estimate of drug-likeness (QED) is 0.622. The van der Waals surface area contributed by atoms with Crippen molar-refractivity contribution in [3.63, 3.8) is 0 Å². The van der Waals surface area contributed by atoms with Crippen LogP contribution in [0.1, 0.15) is 60.9 Å². The summed E-state index contributed by atoms with van der Waals surface area (Å²) < 4.78 is 0. The lowest BCUT2D eigenvalue weighted by molar-refractivity contribution is 0.0607. The maximum atomic E-state index is 10.9. The van der Waals surface area contributed by atoms with Crippen molar-refractivity contribution in [2.24, 2.45) is 5.92 Å². The Kier molecular flexibility index (Phi) is 4.23. The summed E-state index contributed by atoms with van der Waals surface area (Å²) in [5.41, 5.74) is 1.40. The molecule has 1 aliphatic carbocycles. The average Bonchev–Trinajstić information content (AvgIpc) is 2.98. The first-order valence-corrected chi connectivity index (χ1v) is 9.39. The van der Waals surface area contributed by atoms with Gasteiger partial charge in [0.2, 0.25) is 0 Å². The van der Waals surface area contributed by atoms with Gasteiger partial charge in [0, 0.05) is 36.7 Å². The fourth-order valence-corrected chi connectivity index (χ4v) is 4.85. The smallest absolute Gasteiger partial charge is 0.150 e. The summed E-state index contributed by atoms with van der Waals surface area (Å²) in [7, 11) is 0. The first-order valence-electron chi connectivity index (χ1n) is 9.39. The molecule has 2 saturated heterocycles. The largest absolute Gasteiger partial charge is 0.374 e. The molecule has 1 unspecified atom stereocenters. The van der Waals surface area contributed by atoms with Gasteiger partial charge >= 0.3 is 0 Å². The third kappa shape index (κ3) is 2.81. The molecule has 0 aromatic heterocycles. The molecule has 2 N–H and O–H groups in total. The molecule has 130 valence electrons. The molecule has 2 aliphatic heterocycles. The number of hydrogen-bond donors (Lipinski definition) is 2. The predicted octanol–water partition coefficient (Wildman–Crippen LogP) is 2.53. The van der Waals surface area contributed by atoms with Crippen molar-refractivity contribution in [2.45, 2.75) is 62.8 Å². The number of benzene rings is 1. The van der Waals surface area contributed by atoms with Gasteiger partial charge in [-0.15, -0.1) is 0 Å². The van der Waals surface area contributed by atoms with Crippen LogP contribution in [0.25, 0.3) is 0 Å². The second kappa shape index (κ2) is 6.25. The van der Waals surface area contributed by atoms with Crippen LogP contribution in [0.5, 0.6) is 0 Å². The lowest BCUT2D eigenvalue weighted by atomic mass is 9.87. The van der Waals surface area contributed by atoms with Crippen LogP contribution in [0.15, 0.2) is 24.3 Å². The molecule has 0 bridgehead atoms. The van der Waals surface area contributed by atoms with Crippen LogP contribution in [-0.4, -0.2) is 47.2 Å². The number of aliphatic hydroxyl groups is 1. The van der Waals surface area contributed by atoms with E-state index in [4.69, 9.17) is 0 Å². The molecule has 0 amide bonds. The van der Waals surface area contributed by atoms with Gasteiger partial charge in [-0.05, 0) is 30.7 Å². The molecule has 1 aromatic rings. The van der Waals surface area contributed by atoms with Crippen LogP contribution < -0.4 is 5.32 Å². The van der Waals surface area contributed by atoms with E-state index in [1.165, 1.54) is 31.2 Å². The highest BCUT2D eigenvalue weighted by atomic mass is 16.3. The number of hydrogen-bond acceptors (Lipinski definition) is 4. The van der Waals surface area contributed by atoms with Gasteiger partial charge in [-0.1, -0.05) is 44.0 Å². The standard InChI is InChI=1S/C20H28N2O2/c1-14(16-8-6-15(12-23)7-9-16)19-10-17(20(24)13-22(19)20)11-21-18-4-2-3-5-18/h6-9,12,14,17-19,21,24H,2-5,10-11,13H2,1H3/t14-,17+,19+,20-,22?/m1/s1. The fourth-order valence-electron chi connectivity index (χ4n) is 4.85. The van der Waals surface area contributed by atoms with Gasteiger partial charge in [-0.3, -0.25) is 9.69 Å². The Labute approximate surface area is 144 Å². The van der Waals surface area contributed by atoms with Crippen LogP contribution in [0.2, 0.25) is 0 Å². The molecule has 0 radical (unpaired) electrons. The minimum atomic E-state index is -0.576. The second-order valence-corrected chi connectivity index (χ2v) is 7.97. The number of aldehydes is 1. The number of piperidine rings is 1. The molecule has 4 nitrogen and oxygen atoms in total. The zero-order chi connectivity index (χ0) is 16.7. The molecule has 0 spiro atoms. The summed E-state index contributed by atoms with van der Waals surface area (Å²) in [6.07, 6.45) is 7.20. The number of nitrogens with zero attached hydrogens (tertiary/aromatic N) is 1. The summed E-state index contributed by atoms with van der Waals surface area (Å²) in [6.45, 7) is 3.99. The number of rotatable bonds is 6. The van der Waals surface area contributed by atoms with Gasteiger partial charge in [-0.2, -0.15) is 0 Å². The van der Waals surface area contributed by atoms with Crippen molar-refractivity contribution in [1.82, 2.24) is 10.2 Å². The van der Waals surface area contributed by atoms with Crippen molar-refractivity contribution >= 4 is 6.29 Å². The zero-order valence-electron chi connectivity index (χ0n) is 14.4. The van der Waals surface area contributed by atoms with Gasteiger partial charge in [0.05, 0.1) is 0 Å². The van der Waals surface area contributed by atoms with E-state index < -0.39 is 5.72 Å². The highest BCUT2D eigenvalue weighted by molar-refractivity contribution is 5.74. The summed E-state index contributed by atoms with van der Waals surface area (Å²) in [6, 6.07) is 8.95. The van der Waals surface area contributed by atoms with Gasteiger partial charge in [0.15, 0.2) is 0 Å². The fraction of sp³-hybridized carbons (Fsp3) is 0.650. The van der Waals surface area contributed by atoms with E-state index in [2.05, 4.69) is 29.3 Å². The summed E-state index contributed by atoms with van der Waals surface area (Å²) in [5.74, 6) is 0.705. The molecule has 5 atom stereocenters. The molecule has 2 heterocycles. The van der Waals surface area contributed by atoms with Crippen molar-refractivity contribution < 1.29 is 9.90 Å². The highest BCUT2D eigenvalue weighted by Crippen LogP contribution is 2.52. The minimum absolute atomic E-state index is 0.333. The van der Waals surface area contributed by atoms with Gasteiger partial charge in [0.25, 0.3) is 0 Å². The van der Waals surface area contributed by atoms with Gasteiger partial charge < -0.3 is 10.4 Å². The SMILES string of the molecule is C[C@H](c1ccc(C=O)cc1)[C@@H]1C[C@@H](CNC2CCCC2)[C@]2(O)CN12. The monoisotopic (exact) mass is 328 g/mol. The van der Waals surface area contributed by atoms with Crippen LogP contribution in [0.3, 0.4) is 0 Å². The molecule has 1 aromatic carbocycles. The van der Waals surface area contributed by atoms with Crippen LogP contribution in [0, 0.1) is 5.92 Å². The van der Waals surface area contributed by atoms with E-state index >= 15 is 0 Å². The topological polar surface area (TPSA) is 52.3 Å². The summed E-state index contributed by atoms with van der Waals surface area (Å²) >= 11 is 0. The van der Waals surface area contributed by atoms with E-state index in [1.807, 2.05) is 12.1 Å². The average molecular weight is 328 g/mol. The second-order valence-electron chi connectivity index (χ2n) is 7.97. The Morgan fingerprint density at radius 3 is 2.71 bits per heavy atom. The molecule has 3 fully saturated rings. The van der Waals surface area contributed by atoms with Crippen molar-refractivity contribution in [3.05, 3.63) is 35.4 Å². The molecule has 4 heteroatoms. The molecule has 1 saturated carbocycles. The normalized spacial score (nSPS) is 36.5. The maximum absolute atomic E-state index is 10.9. The Bertz CT molecular complexity index is 596. The van der Waals surface area contributed by atoms with Crippen LogP contribution in [-0.2, 0) is 0 Å². The number of nitrogens with one attached hydrogen (secondary N) is 1. The van der Waals surface area contributed by atoms with Gasteiger partial charge in [-0.25, -0.2) is 0 Å². The van der Waals surface area contributed by atoms with Crippen LogP contribution in [0.4, 0.5) is 0 Å². The third-order valence-corrected chi connectivity index (χ3v) is 6.56. The van der Waals surface area contributed by atoms with Gasteiger partial charge in [0.1, 0.15) is 12.0 Å². The molecule has 3 aliphatic rings. The Balaban J connectivity index is 1.40. The Morgan fingerprint density at radius 1 is 1.33 bits per heavy atom. The number of carbonyl (C=O) groups is 1.